The van der Waals surface area contributed by atoms with Gasteiger partial charge >= 0.3 is 0 Å². The summed E-state index contributed by atoms with van der Waals surface area (Å²) >= 11 is 0. The van der Waals surface area contributed by atoms with Crippen molar-refractivity contribution in [3.8, 4) is 0 Å². The summed E-state index contributed by atoms with van der Waals surface area (Å²) in [5, 5.41) is 3.26. The first-order valence-corrected chi connectivity index (χ1v) is 9.76. The number of anilines is 1. The number of benzene rings is 2. The second kappa shape index (κ2) is 6.93. The van der Waals surface area contributed by atoms with Gasteiger partial charge in [0.1, 0.15) is 6.04 Å². The van der Waals surface area contributed by atoms with Gasteiger partial charge in [0.05, 0.1) is 11.4 Å². The molecule has 1 aromatic heterocycles. The molecule has 156 valence electrons. The molecule has 5 nitrogen and oxygen atoms in total. The predicted octanol–water partition coefficient (Wildman–Crippen LogP) is 4.10. The van der Waals surface area contributed by atoms with Crippen LogP contribution in [0.4, 0.5) is 14.5 Å². The van der Waals surface area contributed by atoms with Crippen LogP contribution in [0, 0.1) is 11.6 Å². The van der Waals surface area contributed by atoms with E-state index >= 15 is 0 Å². The Morgan fingerprint density at radius 3 is 2.57 bits per heavy atom. The number of pyridine rings is 1. The lowest BCUT2D eigenvalue weighted by Crippen LogP contribution is -2.48. The fraction of sp³-hybridized carbons (Fsp3) is 0.304. The van der Waals surface area contributed by atoms with E-state index in [0.717, 1.165) is 17.3 Å². The maximum Gasteiger partial charge on any atom is 0.258 e. The van der Waals surface area contributed by atoms with Crippen LogP contribution in [0.1, 0.15) is 37.9 Å². The number of carbonyl (C=O) groups excluding carboxylic acids is 1. The molecule has 7 heteroatoms. The lowest BCUT2D eigenvalue weighted by molar-refractivity contribution is -0.133. The number of para-hydroxylation sites is 1. The number of aromatic nitrogens is 1. The maximum absolute atomic E-state index is 14.3. The molecule has 0 fully saturated rings. The summed E-state index contributed by atoms with van der Waals surface area (Å²) < 4.78 is 27.9. The SMILES string of the molecule is CC(c1c[nH]c(=O)c2c(F)c(F)ccc12)N(C)C(=O)C1Nc2ccccc2C1(C)C. The number of halogens is 2. The van der Waals surface area contributed by atoms with Crippen LogP contribution in [0.3, 0.4) is 0 Å². The van der Waals surface area contributed by atoms with Crippen molar-refractivity contribution in [2.45, 2.75) is 38.3 Å². The van der Waals surface area contributed by atoms with E-state index in [1.165, 1.54) is 12.3 Å². The molecular weight excluding hydrogens is 388 g/mol. The number of aromatic amines is 1. The molecular formula is C23H23F2N3O2. The number of nitrogens with zero attached hydrogens (tertiary/aromatic N) is 1. The van der Waals surface area contributed by atoms with Crippen LogP contribution in [0.25, 0.3) is 10.8 Å². The van der Waals surface area contributed by atoms with E-state index in [2.05, 4.69) is 10.3 Å². The Labute approximate surface area is 172 Å². The Kier molecular flexibility index (Phi) is 4.64. The lowest BCUT2D eigenvalue weighted by Gasteiger charge is -2.33. The highest BCUT2D eigenvalue weighted by molar-refractivity contribution is 5.91. The van der Waals surface area contributed by atoms with E-state index in [1.54, 1.807) is 18.9 Å². The molecule has 2 aromatic carbocycles. The van der Waals surface area contributed by atoms with Crippen LogP contribution in [-0.4, -0.2) is 28.9 Å². The average molecular weight is 411 g/mol. The Morgan fingerprint density at radius 2 is 1.87 bits per heavy atom. The van der Waals surface area contributed by atoms with Gasteiger partial charge in [-0.1, -0.05) is 38.1 Å². The number of fused-ring (bicyclic) bond motifs is 2. The van der Waals surface area contributed by atoms with Crippen molar-refractivity contribution in [3.05, 3.63) is 75.7 Å². The van der Waals surface area contributed by atoms with Gasteiger partial charge < -0.3 is 15.2 Å². The summed E-state index contributed by atoms with van der Waals surface area (Å²) in [7, 11) is 1.67. The van der Waals surface area contributed by atoms with Gasteiger partial charge in [0.15, 0.2) is 11.6 Å². The minimum Gasteiger partial charge on any atom is -0.373 e. The van der Waals surface area contributed by atoms with Gasteiger partial charge in [-0.3, -0.25) is 9.59 Å². The molecule has 2 N–H and O–H groups in total. The molecule has 0 saturated heterocycles. The normalized spacial score (nSPS) is 18.0. The number of hydrogen-bond acceptors (Lipinski definition) is 3. The van der Waals surface area contributed by atoms with Crippen LogP contribution in [0.15, 0.2) is 47.4 Å². The number of nitrogens with one attached hydrogen (secondary N) is 2. The molecule has 30 heavy (non-hydrogen) atoms. The number of amides is 1. The molecule has 2 atom stereocenters. The van der Waals surface area contributed by atoms with Gasteiger partial charge in [0, 0.05) is 24.3 Å². The van der Waals surface area contributed by atoms with Crippen LogP contribution in [0.2, 0.25) is 0 Å². The molecule has 2 unspecified atom stereocenters. The highest BCUT2D eigenvalue weighted by Gasteiger charge is 2.45. The topological polar surface area (TPSA) is 65.2 Å². The quantitative estimate of drug-likeness (QED) is 0.682. The molecule has 0 saturated carbocycles. The lowest BCUT2D eigenvalue weighted by atomic mass is 9.80. The van der Waals surface area contributed by atoms with Crippen molar-refractivity contribution < 1.29 is 13.6 Å². The third kappa shape index (κ3) is 2.88. The number of likely N-dealkylation sites (N-methyl/N-ethyl adjacent to an activating group) is 1. The molecule has 0 radical (unpaired) electrons. The van der Waals surface area contributed by atoms with Crippen molar-refractivity contribution in [2.24, 2.45) is 0 Å². The van der Waals surface area contributed by atoms with E-state index in [9.17, 15) is 18.4 Å². The van der Waals surface area contributed by atoms with Gasteiger partial charge in [-0.25, -0.2) is 8.78 Å². The van der Waals surface area contributed by atoms with Crippen molar-refractivity contribution in [3.63, 3.8) is 0 Å². The first-order valence-electron chi connectivity index (χ1n) is 9.76. The first kappa shape index (κ1) is 20.1. The Morgan fingerprint density at radius 1 is 1.17 bits per heavy atom. The van der Waals surface area contributed by atoms with Crippen LogP contribution in [0.5, 0.6) is 0 Å². The van der Waals surface area contributed by atoms with Crippen LogP contribution < -0.4 is 10.9 Å². The Bertz CT molecular complexity index is 1220. The predicted molar refractivity (Wildman–Crippen MR) is 113 cm³/mol. The zero-order chi connectivity index (χ0) is 21.8. The average Bonchev–Trinajstić information content (AvgIpc) is 3.00. The molecule has 0 bridgehead atoms. The largest absolute Gasteiger partial charge is 0.373 e. The van der Waals surface area contributed by atoms with Crippen molar-refractivity contribution in [2.75, 3.05) is 12.4 Å². The van der Waals surface area contributed by atoms with Crippen LogP contribution >= 0.6 is 0 Å². The molecule has 0 aliphatic carbocycles. The van der Waals surface area contributed by atoms with E-state index in [0.29, 0.717) is 5.56 Å². The van der Waals surface area contributed by atoms with Gasteiger partial charge in [-0.05, 0) is 35.6 Å². The number of H-pyrrole nitrogens is 1. The Hall–Kier alpha value is -3.22. The van der Waals surface area contributed by atoms with Crippen LogP contribution in [-0.2, 0) is 10.2 Å². The van der Waals surface area contributed by atoms with E-state index in [4.69, 9.17) is 0 Å². The summed E-state index contributed by atoms with van der Waals surface area (Å²) in [4.78, 5) is 29.6. The minimum absolute atomic E-state index is 0.134. The Balaban J connectivity index is 1.71. The highest BCUT2D eigenvalue weighted by atomic mass is 19.2. The van der Waals surface area contributed by atoms with Crippen molar-refractivity contribution >= 4 is 22.4 Å². The monoisotopic (exact) mass is 411 g/mol. The summed E-state index contributed by atoms with van der Waals surface area (Å²) in [5.74, 6) is -2.41. The smallest absolute Gasteiger partial charge is 0.258 e. The fourth-order valence-electron chi connectivity index (χ4n) is 4.29. The third-order valence-corrected chi connectivity index (χ3v) is 6.26. The standard InChI is InChI=1S/C23H23F2N3O2/c1-12(14-11-26-21(29)18-13(14)9-10-16(24)19(18)25)28(4)22(30)20-23(2,3)15-7-5-6-8-17(15)27-20/h5-12,20,27H,1-4H3,(H,26,29). The van der Waals surface area contributed by atoms with E-state index < -0.39 is 34.7 Å². The fourth-order valence-corrected chi connectivity index (χ4v) is 4.29. The number of hydrogen-bond donors (Lipinski definition) is 2. The van der Waals surface area contributed by atoms with E-state index in [-0.39, 0.29) is 16.7 Å². The maximum atomic E-state index is 14.3. The minimum atomic E-state index is -1.19. The summed E-state index contributed by atoms with van der Waals surface area (Å²) in [5.41, 5.74) is 1.39. The second-order valence-corrected chi connectivity index (χ2v) is 8.33. The highest BCUT2D eigenvalue weighted by Crippen LogP contribution is 2.41. The number of carbonyl (C=O) groups is 1. The van der Waals surface area contributed by atoms with Gasteiger partial charge in [0.25, 0.3) is 5.56 Å². The van der Waals surface area contributed by atoms with Gasteiger partial charge in [-0.2, -0.15) is 0 Å². The van der Waals surface area contributed by atoms with Crippen molar-refractivity contribution in [1.82, 2.24) is 9.88 Å². The van der Waals surface area contributed by atoms with Gasteiger partial charge in [0.2, 0.25) is 5.91 Å². The zero-order valence-corrected chi connectivity index (χ0v) is 17.2. The molecule has 1 aliphatic rings. The second-order valence-electron chi connectivity index (χ2n) is 8.33. The summed E-state index contributed by atoms with van der Waals surface area (Å²) in [6.07, 6.45) is 1.46. The molecule has 4 rings (SSSR count). The molecule has 1 aliphatic heterocycles. The van der Waals surface area contributed by atoms with Gasteiger partial charge in [-0.15, -0.1) is 0 Å². The third-order valence-electron chi connectivity index (χ3n) is 6.26. The van der Waals surface area contributed by atoms with Crippen molar-refractivity contribution in [1.29, 1.82) is 0 Å². The summed E-state index contributed by atoms with van der Waals surface area (Å²) in [6.45, 7) is 5.82. The first-order chi connectivity index (χ1) is 14.1. The number of rotatable bonds is 3. The molecule has 2 heterocycles. The molecule has 3 aromatic rings. The molecule has 1 amide bonds. The summed E-state index contributed by atoms with van der Waals surface area (Å²) in [6, 6.07) is 9.22. The molecule has 0 spiro atoms. The van der Waals surface area contributed by atoms with E-state index in [1.807, 2.05) is 38.1 Å². The zero-order valence-electron chi connectivity index (χ0n) is 17.2.